The van der Waals surface area contributed by atoms with Gasteiger partial charge in [-0.25, -0.2) is 13.1 Å². The molecule has 0 aliphatic carbocycles. The SMILES string of the molecule is Cc1ccc(S(=O)(=O)NCCC(=O)Nc2ccc(N3CCCC3=O)cc2)cc1C. The normalized spacial score (nSPS) is 14.3. The molecule has 2 aromatic rings. The third-order valence-electron chi connectivity index (χ3n) is 4.97. The molecular formula is C21H25N3O4S. The number of hydrogen-bond acceptors (Lipinski definition) is 4. The van der Waals surface area contributed by atoms with Crippen LogP contribution < -0.4 is 14.9 Å². The molecule has 0 aromatic heterocycles. The van der Waals surface area contributed by atoms with Crippen molar-refractivity contribution in [2.24, 2.45) is 0 Å². The van der Waals surface area contributed by atoms with E-state index in [-0.39, 0.29) is 29.7 Å². The van der Waals surface area contributed by atoms with Crippen LogP contribution in [0.5, 0.6) is 0 Å². The number of carbonyl (C=O) groups excluding carboxylic acids is 2. The van der Waals surface area contributed by atoms with Gasteiger partial charge in [0, 0.05) is 37.3 Å². The van der Waals surface area contributed by atoms with Gasteiger partial charge >= 0.3 is 0 Å². The lowest BCUT2D eigenvalue weighted by atomic mass is 10.1. The first-order valence-electron chi connectivity index (χ1n) is 9.53. The molecule has 0 atom stereocenters. The van der Waals surface area contributed by atoms with Gasteiger partial charge in [-0.15, -0.1) is 0 Å². The monoisotopic (exact) mass is 415 g/mol. The van der Waals surface area contributed by atoms with E-state index in [0.717, 1.165) is 23.2 Å². The van der Waals surface area contributed by atoms with Gasteiger partial charge in [0.1, 0.15) is 0 Å². The van der Waals surface area contributed by atoms with Crippen LogP contribution in [0.25, 0.3) is 0 Å². The number of hydrogen-bond donors (Lipinski definition) is 2. The van der Waals surface area contributed by atoms with Crippen LogP contribution >= 0.6 is 0 Å². The van der Waals surface area contributed by atoms with Gasteiger partial charge in [-0.3, -0.25) is 9.59 Å². The maximum atomic E-state index is 12.4. The van der Waals surface area contributed by atoms with Gasteiger partial charge < -0.3 is 10.2 Å². The number of sulfonamides is 1. The zero-order valence-corrected chi connectivity index (χ0v) is 17.4. The number of benzene rings is 2. The molecule has 0 saturated carbocycles. The molecule has 29 heavy (non-hydrogen) atoms. The summed E-state index contributed by atoms with van der Waals surface area (Å²) >= 11 is 0. The molecule has 154 valence electrons. The predicted octanol–water partition coefficient (Wildman–Crippen LogP) is 2.74. The molecule has 2 amide bonds. The van der Waals surface area contributed by atoms with Gasteiger partial charge in [0.15, 0.2) is 0 Å². The largest absolute Gasteiger partial charge is 0.326 e. The topological polar surface area (TPSA) is 95.6 Å². The van der Waals surface area contributed by atoms with Crippen LogP contribution in [0.15, 0.2) is 47.4 Å². The summed E-state index contributed by atoms with van der Waals surface area (Å²) < 4.78 is 27.2. The number of carbonyl (C=O) groups is 2. The van der Waals surface area contributed by atoms with Crippen LogP contribution in [0.3, 0.4) is 0 Å². The number of rotatable bonds is 7. The Morgan fingerprint density at radius 2 is 1.79 bits per heavy atom. The summed E-state index contributed by atoms with van der Waals surface area (Å²) in [7, 11) is -3.66. The number of nitrogens with zero attached hydrogens (tertiary/aromatic N) is 1. The van der Waals surface area contributed by atoms with Crippen LogP contribution in [0.2, 0.25) is 0 Å². The summed E-state index contributed by atoms with van der Waals surface area (Å²) in [5, 5.41) is 2.74. The number of amides is 2. The molecule has 0 bridgehead atoms. The Balaban J connectivity index is 1.50. The lowest BCUT2D eigenvalue weighted by Gasteiger charge is -2.16. The molecule has 1 aliphatic rings. The van der Waals surface area contributed by atoms with Gasteiger partial charge in [-0.05, 0) is 67.8 Å². The van der Waals surface area contributed by atoms with Crippen molar-refractivity contribution in [3.63, 3.8) is 0 Å². The van der Waals surface area contributed by atoms with E-state index in [1.807, 2.05) is 13.8 Å². The minimum atomic E-state index is -3.66. The standard InChI is InChI=1S/C21H25N3O4S/c1-15-5-10-19(14-16(15)2)29(27,28)22-12-11-20(25)23-17-6-8-18(9-7-17)24-13-3-4-21(24)26/h5-10,14,22H,3-4,11-13H2,1-2H3,(H,23,25). The molecule has 0 unspecified atom stereocenters. The molecule has 0 radical (unpaired) electrons. The molecular weight excluding hydrogens is 390 g/mol. The van der Waals surface area contributed by atoms with E-state index in [2.05, 4.69) is 10.0 Å². The van der Waals surface area contributed by atoms with Crippen LogP contribution in [-0.2, 0) is 19.6 Å². The highest BCUT2D eigenvalue weighted by Crippen LogP contribution is 2.23. The Morgan fingerprint density at radius 3 is 2.41 bits per heavy atom. The Hall–Kier alpha value is -2.71. The lowest BCUT2D eigenvalue weighted by molar-refractivity contribution is -0.117. The average molecular weight is 416 g/mol. The fourth-order valence-electron chi connectivity index (χ4n) is 3.13. The zero-order valence-electron chi connectivity index (χ0n) is 16.6. The van der Waals surface area contributed by atoms with Crippen molar-refractivity contribution < 1.29 is 18.0 Å². The van der Waals surface area contributed by atoms with Crippen LogP contribution in [0.1, 0.15) is 30.4 Å². The van der Waals surface area contributed by atoms with Crippen molar-refractivity contribution in [1.29, 1.82) is 0 Å². The number of anilines is 2. The zero-order chi connectivity index (χ0) is 21.0. The van der Waals surface area contributed by atoms with E-state index >= 15 is 0 Å². The van der Waals surface area contributed by atoms with Crippen LogP contribution in [0.4, 0.5) is 11.4 Å². The summed E-state index contributed by atoms with van der Waals surface area (Å²) in [5.74, 6) is -0.185. The Bertz CT molecular complexity index is 1020. The van der Waals surface area contributed by atoms with Crippen LogP contribution in [0, 0.1) is 13.8 Å². The first-order valence-corrected chi connectivity index (χ1v) is 11.0. The molecule has 2 N–H and O–H groups in total. The maximum absolute atomic E-state index is 12.4. The average Bonchev–Trinajstić information content (AvgIpc) is 3.10. The third kappa shape index (κ3) is 5.21. The van der Waals surface area contributed by atoms with Crippen LogP contribution in [-0.4, -0.2) is 33.3 Å². The maximum Gasteiger partial charge on any atom is 0.240 e. The van der Waals surface area contributed by atoms with Crippen molar-refractivity contribution in [3.8, 4) is 0 Å². The second-order valence-electron chi connectivity index (χ2n) is 7.14. The second kappa shape index (κ2) is 8.75. The van der Waals surface area contributed by atoms with Crippen molar-refractivity contribution >= 4 is 33.2 Å². The molecule has 0 spiro atoms. The molecule has 1 aliphatic heterocycles. The summed E-state index contributed by atoms with van der Waals surface area (Å²) in [6.07, 6.45) is 1.43. The highest BCUT2D eigenvalue weighted by atomic mass is 32.2. The fourth-order valence-corrected chi connectivity index (χ4v) is 4.25. The Kier molecular flexibility index (Phi) is 6.34. The van der Waals surface area contributed by atoms with Gasteiger partial charge in [0.25, 0.3) is 0 Å². The summed E-state index contributed by atoms with van der Waals surface area (Å²) in [6, 6.07) is 12.0. The van der Waals surface area contributed by atoms with Crippen molar-refractivity contribution in [2.75, 3.05) is 23.3 Å². The first kappa shape index (κ1) is 21.0. The third-order valence-corrected chi connectivity index (χ3v) is 6.43. The second-order valence-corrected chi connectivity index (χ2v) is 8.90. The summed E-state index contributed by atoms with van der Waals surface area (Å²) in [5.41, 5.74) is 3.32. The molecule has 3 rings (SSSR count). The van der Waals surface area contributed by atoms with E-state index in [1.54, 1.807) is 47.4 Å². The molecule has 1 heterocycles. The van der Waals surface area contributed by atoms with Gasteiger partial charge in [-0.1, -0.05) is 6.07 Å². The quantitative estimate of drug-likeness (QED) is 0.727. The highest BCUT2D eigenvalue weighted by Gasteiger charge is 2.21. The lowest BCUT2D eigenvalue weighted by Crippen LogP contribution is -2.28. The van der Waals surface area contributed by atoms with Gasteiger partial charge in [-0.2, -0.15) is 0 Å². The molecule has 2 aromatic carbocycles. The Labute approximate surface area is 171 Å². The minimum Gasteiger partial charge on any atom is -0.326 e. The molecule has 8 heteroatoms. The van der Waals surface area contributed by atoms with E-state index in [9.17, 15) is 18.0 Å². The van der Waals surface area contributed by atoms with E-state index in [0.29, 0.717) is 18.7 Å². The minimum absolute atomic E-state index is 0.00144. The van der Waals surface area contributed by atoms with Crippen molar-refractivity contribution in [2.45, 2.75) is 38.0 Å². The predicted molar refractivity (Wildman–Crippen MR) is 112 cm³/mol. The highest BCUT2D eigenvalue weighted by molar-refractivity contribution is 7.89. The molecule has 1 fully saturated rings. The number of aryl methyl sites for hydroxylation is 2. The van der Waals surface area contributed by atoms with Crippen molar-refractivity contribution in [1.82, 2.24) is 4.72 Å². The van der Waals surface area contributed by atoms with E-state index in [4.69, 9.17) is 0 Å². The summed E-state index contributed by atoms with van der Waals surface area (Å²) in [4.78, 5) is 25.8. The molecule has 7 nitrogen and oxygen atoms in total. The van der Waals surface area contributed by atoms with E-state index < -0.39 is 10.0 Å². The number of nitrogens with one attached hydrogen (secondary N) is 2. The fraction of sp³-hybridized carbons (Fsp3) is 0.333. The molecule has 1 saturated heterocycles. The van der Waals surface area contributed by atoms with Gasteiger partial charge in [0.2, 0.25) is 21.8 Å². The first-order chi connectivity index (χ1) is 13.8. The summed E-state index contributed by atoms with van der Waals surface area (Å²) in [6.45, 7) is 4.48. The van der Waals surface area contributed by atoms with Gasteiger partial charge in [0.05, 0.1) is 4.90 Å². The smallest absolute Gasteiger partial charge is 0.240 e. The van der Waals surface area contributed by atoms with E-state index in [1.165, 1.54) is 0 Å². The van der Waals surface area contributed by atoms with Crippen molar-refractivity contribution in [3.05, 3.63) is 53.6 Å². The Morgan fingerprint density at radius 1 is 1.07 bits per heavy atom.